The molecule has 1 fully saturated rings. The number of rotatable bonds is 5. The van der Waals surface area contributed by atoms with Crippen LogP contribution in [0.4, 0.5) is 21.9 Å². The van der Waals surface area contributed by atoms with Gasteiger partial charge in [0.25, 0.3) is 5.69 Å². The zero-order chi connectivity index (χ0) is 21.9. The topological polar surface area (TPSA) is 85.2 Å². The maximum absolute atomic E-state index is 12.5. The molecule has 1 aliphatic heterocycles. The van der Waals surface area contributed by atoms with Gasteiger partial charge in [0.05, 0.1) is 10.6 Å². The number of nitro benzene ring substituents is 1. The number of amides is 1. The van der Waals surface area contributed by atoms with E-state index in [1.54, 1.807) is 20.8 Å². The average Bonchev–Trinajstić information content (AvgIpc) is 3.21. The Bertz CT molecular complexity index is 933. The molecule has 1 aliphatic rings. The Labute approximate surface area is 176 Å². The molecule has 0 radical (unpaired) electrons. The van der Waals surface area contributed by atoms with Crippen molar-refractivity contribution in [1.82, 2.24) is 0 Å². The molecule has 0 unspecified atom stereocenters. The van der Waals surface area contributed by atoms with E-state index in [-0.39, 0.29) is 11.4 Å². The lowest BCUT2D eigenvalue weighted by Crippen LogP contribution is -2.34. The van der Waals surface area contributed by atoms with Gasteiger partial charge >= 0.3 is 6.09 Å². The highest BCUT2D eigenvalue weighted by atomic mass is 16.6. The van der Waals surface area contributed by atoms with E-state index in [2.05, 4.69) is 4.90 Å². The fourth-order valence-corrected chi connectivity index (χ4v) is 3.31. The molecular weight excluding hydrogens is 386 g/mol. The summed E-state index contributed by atoms with van der Waals surface area (Å²) in [6.45, 7) is 7.15. The van der Waals surface area contributed by atoms with Gasteiger partial charge in [-0.3, -0.25) is 15.0 Å². The Hall–Kier alpha value is -3.29. The van der Waals surface area contributed by atoms with Crippen LogP contribution in [0.15, 0.2) is 42.5 Å². The van der Waals surface area contributed by atoms with E-state index in [9.17, 15) is 14.9 Å². The Kier molecular flexibility index (Phi) is 6.14. The number of anilines is 2. The molecule has 3 rings (SSSR count). The molecule has 160 valence electrons. The molecule has 2 aromatic rings. The van der Waals surface area contributed by atoms with Gasteiger partial charge in [0.1, 0.15) is 17.0 Å². The van der Waals surface area contributed by atoms with Gasteiger partial charge in [-0.25, -0.2) is 4.79 Å². The summed E-state index contributed by atoms with van der Waals surface area (Å²) in [7, 11) is 1.44. The number of nitrogens with zero attached hydrogens (tertiary/aromatic N) is 3. The fourth-order valence-electron chi connectivity index (χ4n) is 3.31. The second kappa shape index (κ2) is 8.61. The van der Waals surface area contributed by atoms with Crippen LogP contribution in [0.25, 0.3) is 0 Å². The maximum Gasteiger partial charge on any atom is 0.414 e. The van der Waals surface area contributed by atoms with Crippen LogP contribution in [-0.4, -0.2) is 36.8 Å². The Morgan fingerprint density at radius 1 is 1.13 bits per heavy atom. The fraction of sp³-hybridized carbons (Fsp3) is 0.409. The molecule has 8 nitrogen and oxygen atoms in total. The normalized spacial score (nSPS) is 13.8. The molecule has 0 bridgehead atoms. The van der Waals surface area contributed by atoms with Crippen molar-refractivity contribution in [1.29, 1.82) is 0 Å². The summed E-state index contributed by atoms with van der Waals surface area (Å²) < 4.78 is 11.4. The molecule has 1 heterocycles. The van der Waals surface area contributed by atoms with Crippen molar-refractivity contribution in [3.05, 3.63) is 52.6 Å². The van der Waals surface area contributed by atoms with Crippen LogP contribution >= 0.6 is 0 Å². The van der Waals surface area contributed by atoms with Crippen molar-refractivity contribution in [2.45, 2.75) is 39.2 Å². The number of hydrogen-bond acceptors (Lipinski definition) is 6. The second-order valence-corrected chi connectivity index (χ2v) is 8.21. The minimum atomic E-state index is -0.719. The van der Waals surface area contributed by atoms with E-state index in [0.29, 0.717) is 11.5 Å². The first-order valence-corrected chi connectivity index (χ1v) is 9.93. The number of benzene rings is 2. The van der Waals surface area contributed by atoms with Crippen molar-refractivity contribution >= 4 is 23.2 Å². The number of nitro groups is 1. The van der Waals surface area contributed by atoms with Crippen molar-refractivity contribution < 1.29 is 19.2 Å². The van der Waals surface area contributed by atoms with Crippen molar-refractivity contribution in [2.24, 2.45) is 0 Å². The van der Waals surface area contributed by atoms with E-state index < -0.39 is 16.6 Å². The second-order valence-electron chi connectivity index (χ2n) is 8.21. The third-order valence-corrected chi connectivity index (χ3v) is 4.71. The quantitative estimate of drug-likeness (QED) is 0.485. The molecule has 1 amide bonds. The van der Waals surface area contributed by atoms with E-state index in [0.717, 1.165) is 36.5 Å². The summed E-state index contributed by atoms with van der Waals surface area (Å²) in [4.78, 5) is 26.8. The molecule has 1 saturated heterocycles. The van der Waals surface area contributed by atoms with Gasteiger partial charge in [-0.1, -0.05) is 12.1 Å². The van der Waals surface area contributed by atoms with E-state index in [1.807, 2.05) is 24.3 Å². The van der Waals surface area contributed by atoms with Crippen LogP contribution in [0.2, 0.25) is 0 Å². The molecule has 0 N–H and O–H groups in total. The largest absolute Gasteiger partial charge is 0.455 e. The van der Waals surface area contributed by atoms with Gasteiger partial charge in [0.2, 0.25) is 0 Å². The van der Waals surface area contributed by atoms with E-state index in [4.69, 9.17) is 9.47 Å². The molecule has 2 aromatic carbocycles. The molecule has 8 heteroatoms. The molecule has 0 aromatic heterocycles. The predicted octanol–water partition coefficient (Wildman–Crippen LogP) is 5.36. The van der Waals surface area contributed by atoms with E-state index >= 15 is 0 Å². The SMILES string of the molecule is CN(C(=O)OC(C)(C)C)c1cc(Oc2ccccc2N2CCCC2)ccc1[N+](=O)[O-]. The Morgan fingerprint density at radius 2 is 1.80 bits per heavy atom. The average molecular weight is 413 g/mol. The lowest BCUT2D eigenvalue weighted by atomic mass is 10.2. The highest BCUT2D eigenvalue weighted by Gasteiger charge is 2.27. The minimum absolute atomic E-state index is 0.102. The first kappa shape index (κ1) is 21.4. The molecule has 0 aliphatic carbocycles. The number of ether oxygens (including phenoxy) is 2. The third kappa shape index (κ3) is 5.00. The molecule has 0 atom stereocenters. The van der Waals surface area contributed by atoms with Gasteiger partial charge in [0.15, 0.2) is 5.75 Å². The predicted molar refractivity (Wildman–Crippen MR) is 116 cm³/mol. The Morgan fingerprint density at radius 3 is 2.43 bits per heavy atom. The maximum atomic E-state index is 12.5. The smallest absolute Gasteiger partial charge is 0.414 e. The van der Waals surface area contributed by atoms with Gasteiger partial charge in [-0.15, -0.1) is 0 Å². The summed E-state index contributed by atoms with van der Waals surface area (Å²) in [6, 6.07) is 12.1. The highest BCUT2D eigenvalue weighted by Crippen LogP contribution is 2.38. The lowest BCUT2D eigenvalue weighted by molar-refractivity contribution is -0.384. The van der Waals surface area contributed by atoms with Gasteiger partial charge in [-0.2, -0.15) is 0 Å². The standard InChI is InChI=1S/C22H27N3O5/c1-22(2,3)30-21(26)23(4)19-15-16(11-12-17(19)25(27)28)29-20-10-6-5-9-18(20)24-13-7-8-14-24/h5-6,9-12,15H,7-8,13-14H2,1-4H3. The highest BCUT2D eigenvalue weighted by molar-refractivity contribution is 5.90. The van der Waals surface area contributed by atoms with Crippen molar-refractivity contribution in [3.63, 3.8) is 0 Å². The summed E-state index contributed by atoms with van der Waals surface area (Å²) in [5, 5.41) is 11.5. The first-order chi connectivity index (χ1) is 14.2. The van der Waals surface area contributed by atoms with Crippen LogP contribution in [0, 0.1) is 10.1 Å². The third-order valence-electron chi connectivity index (χ3n) is 4.71. The molecule has 0 saturated carbocycles. The minimum Gasteiger partial charge on any atom is -0.455 e. The molecule has 0 spiro atoms. The zero-order valence-electron chi connectivity index (χ0n) is 17.8. The van der Waals surface area contributed by atoms with Gasteiger partial charge in [-0.05, 0) is 51.8 Å². The van der Waals surface area contributed by atoms with Gasteiger partial charge in [0, 0.05) is 32.3 Å². The van der Waals surface area contributed by atoms with Crippen LogP contribution in [0.5, 0.6) is 11.5 Å². The summed E-state index contributed by atoms with van der Waals surface area (Å²) in [5.41, 5.74) is 0.160. The van der Waals surface area contributed by atoms with E-state index in [1.165, 1.54) is 25.2 Å². The van der Waals surface area contributed by atoms with Crippen LogP contribution in [-0.2, 0) is 4.74 Å². The lowest BCUT2D eigenvalue weighted by Gasteiger charge is -2.25. The Balaban J connectivity index is 1.92. The van der Waals surface area contributed by atoms with Crippen molar-refractivity contribution in [3.8, 4) is 11.5 Å². The van der Waals surface area contributed by atoms with Crippen LogP contribution in [0.1, 0.15) is 33.6 Å². The molecule has 30 heavy (non-hydrogen) atoms. The number of hydrogen-bond donors (Lipinski definition) is 0. The van der Waals surface area contributed by atoms with Crippen LogP contribution in [0.3, 0.4) is 0 Å². The number of carbonyl (C=O) groups is 1. The summed E-state index contributed by atoms with van der Waals surface area (Å²) in [6.07, 6.45) is 1.59. The monoisotopic (exact) mass is 413 g/mol. The number of para-hydroxylation sites is 2. The summed E-state index contributed by atoms with van der Waals surface area (Å²) in [5.74, 6) is 1.07. The van der Waals surface area contributed by atoms with Crippen LogP contribution < -0.4 is 14.5 Å². The molecular formula is C22H27N3O5. The number of carbonyl (C=O) groups excluding carboxylic acids is 1. The zero-order valence-corrected chi connectivity index (χ0v) is 17.8. The first-order valence-electron chi connectivity index (χ1n) is 9.93. The van der Waals surface area contributed by atoms with Gasteiger partial charge < -0.3 is 14.4 Å². The summed E-state index contributed by atoms with van der Waals surface area (Å²) >= 11 is 0. The van der Waals surface area contributed by atoms with Crippen molar-refractivity contribution in [2.75, 3.05) is 29.9 Å².